The van der Waals surface area contributed by atoms with Crippen molar-refractivity contribution in [2.45, 2.75) is 17.4 Å². The standard InChI is InChI=1S/C20H17ClN2O2S/c21-15-7-8-17(20-13(15)5-3-10-22-20)25-12-19(24)23-16-9-11-26-18-6-2-1-4-14(16)18/h1-8,10,16H,9,11-12H2,(H,23,24)/t16-/m0/s1. The van der Waals surface area contributed by atoms with Crippen LogP contribution in [0.5, 0.6) is 5.75 Å². The number of carbonyl (C=O) groups is 1. The highest BCUT2D eigenvalue weighted by atomic mass is 35.5. The number of ether oxygens (including phenoxy) is 1. The lowest BCUT2D eigenvalue weighted by molar-refractivity contribution is -0.123. The van der Waals surface area contributed by atoms with E-state index in [0.717, 1.165) is 17.6 Å². The Morgan fingerprint density at radius 3 is 3.04 bits per heavy atom. The number of rotatable bonds is 4. The highest BCUT2D eigenvalue weighted by Crippen LogP contribution is 2.35. The lowest BCUT2D eigenvalue weighted by Crippen LogP contribution is -2.34. The maximum absolute atomic E-state index is 12.4. The molecule has 0 fully saturated rings. The first kappa shape index (κ1) is 17.2. The first-order valence-electron chi connectivity index (χ1n) is 8.39. The number of amides is 1. The largest absolute Gasteiger partial charge is 0.481 e. The number of carbonyl (C=O) groups excluding carboxylic acids is 1. The zero-order valence-electron chi connectivity index (χ0n) is 13.9. The monoisotopic (exact) mass is 384 g/mol. The number of aromatic nitrogens is 1. The molecule has 6 heteroatoms. The van der Waals surface area contributed by atoms with Gasteiger partial charge in [0.2, 0.25) is 0 Å². The van der Waals surface area contributed by atoms with Gasteiger partial charge < -0.3 is 10.1 Å². The van der Waals surface area contributed by atoms with Crippen molar-refractivity contribution in [2.24, 2.45) is 0 Å². The number of nitrogens with one attached hydrogen (secondary N) is 1. The molecule has 26 heavy (non-hydrogen) atoms. The number of fused-ring (bicyclic) bond motifs is 2. The van der Waals surface area contributed by atoms with Gasteiger partial charge in [0.05, 0.1) is 11.1 Å². The summed E-state index contributed by atoms with van der Waals surface area (Å²) in [4.78, 5) is 18.0. The Morgan fingerprint density at radius 1 is 1.23 bits per heavy atom. The van der Waals surface area contributed by atoms with E-state index < -0.39 is 0 Å². The van der Waals surface area contributed by atoms with Crippen LogP contribution in [-0.4, -0.2) is 23.3 Å². The molecule has 0 saturated heterocycles. The van der Waals surface area contributed by atoms with Gasteiger partial charge in [-0.05, 0) is 42.3 Å². The van der Waals surface area contributed by atoms with Crippen LogP contribution in [0, 0.1) is 0 Å². The summed E-state index contributed by atoms with van der Waals surface area (Å²) in [5, 5.41) is 4.50. The molecule has 1 atom stereocenters. The average molecular weight is 385 g/mol. The van der Waals surface area contributed by atoms with Crippen LogP contribution < -0.4 is 10.1 Å². The fraction of sp³-hybridized carbons (Fsp3) is 0.200. The van der Waals surface area contributed by atoms with Crippen LogP contribution >= 0.6 is 23.4 Å². The third-order valence-electron chi connectivity index (χ3n) is 4.33. The lowest BCUT2D eigenvalue weighted by atomic mass is 10.0. The molecule has 0 bridgehead atoms. The summed E-state index contributed by atoms with van der Waals surface area (Å²) >= 11 is 8.02. The first-order valence-corrected chi connectivity index (χ1v) is 9.76. The van der Waals surface area contributed by atoms with E-state index in [2.05, 4.69) is 22.4 Å². The molecule has 0 aliphatic carbocycles. The van der Waals surface area contributed by atoms with E-state index in [9.17, 15) is 4.79 Å². The van der Waals surface area contributed by atoms with Crippen molar-refractivity contribution in [3.63, 3.8) is 0 Å². The maximum Gasteiger partial charge on any atom is 0.258 e. The van der Waals surface area contributed by atoms with E-state index in [-0.39, 0.29) is 18.6 Å². The molecular formula is C20H17ClN2O2S. The fourth-order valence-corrected chi connectivity index (χ4v) is 4.44. The molecule has 1 aliphatic rings. The van der Waals surface area contributed by atoms with Crippen LogP contribution in [0.15, 0.2) is 59.6 Å². The molecule has 0 spiro atoms. The Bertz CT molecular complexity index is 963. The molecule has 2 aromatic carbocycles. The summed E-state index contributed by atoms with van der Waals surface area (Å²) < 4.78 is 5.73. The van der Waals surface area contributed by atoms with E-state index in [4.69, 9.17) is 16.3 Å². The summed E-state index contributed by atoms with van der Waals surface area (Å²) in [6.45, 7) is -0.0564. The van der Waals surface area contributed by atoms with E-state index in [1.54, 1.807) is 18.3 Å². The Balaban J connectivity index is 1.45. The van der Waals surface area contributed by atoms with Gasteiger partial charge in [-0.25, -0.2) is 0 Å². The molecule has 1 aliphatic heterocycles. The minimum Gasteiger partial charge on any atom is -0.481 e. The normalized spacial score (nSPS) is 16.1. The van der Waals surface area contributed by atoms with Crippen molar-refractivity contribution in [3.8, 4) is 5.75 Å². The molecule has 1 N–H and O–H groups in total. The van der Waals surface area contributed by atoms with Crippen molar-refractivity contribution < 1.29 is 9.53 Å². The van der Waals surface area contributed by atoms with Crippen LogP contribution in [-0.2, 0) is 4.79 Å². The van der Waals surface area contributed by atoms with Gasteiger partial charge in [-0.2, -0.15) is 0 Å². The Hall–Kier alpha value is -2.24. The minimum atomic E-state index is -0.143. The molecule has 0 unspecified atom stereocenters. The second-order valence-corrected chi connectivity index (χ2v) is 7.57. The maximum atomic E-state index is 12.4. The predicted molar refractivity (Wildman–Crippen MR) is 105 cm³/mol. The Morgan fingerprint density at radius 2 is 2.12 bits per heavy atom. The van der Waals surface area contributed by atoms with Crippen LogP contribution in [0.2, 0.25) is 5.02 Å². The van der Waals surface area contributed by atoms with Crippen LogP contribution in [0.4, 0.5) is 0 Å². The first-order chi connectivity index (χ1) is 12.7. The van der Waals surface area contributed by atoms with Crippen molar-refractivity contribution in [1.29, 1.82) is 0 Å². The zero-order chi connectivity index (χ0) is 17.9. The minimum absolute atomic E-state index is 0.0311. The van der Waals surface area contributed by atoms with Crippen LogP contribution in [0.3, 0.4) is 0 Å². The Kier molecular flexibility index (Phi) is 5.00. The summed E-state index contributed by atoms with van der Waals surface area (Å²) in [5.74, 6) is 1.41. The highest BCUT2D eigenvalue weighted by Gasteiger charge is 2.22. The Labute approximate surface area is 160 Å². The number of halogens is 1. The van der Waals surface area contributed by atoms with Gasteiger partial charge in [-0.3, -0.25) is 9.78 Å². The molecule has 1 aromatic heterocycles. The highest BCUT2D eigenvalue weighted by molar-refractivity contribution is 7.99. The summed E-state index contributed by atoms with van der Waals surface area (Å²) in [7, 11) is 0. The zero-order valence-corrected chi connectivity index (χ0v) is 15.5. The number of thioether (sulfide) groups is 1. The molecule has 2 heterocycles. The van der Waals surface area contributed by atoms with Gasteiger partial charge in [-0.1, -0.05) is 29.8 Å². The van der Waals surface area contributed by atoms with E-state index in [1.165, 1.54) is 10.5 Å². The average Bonchev–Trinajstić information content (AvgIpc) is 2.68. The number of pyridine rings is 1. The number of hydrogen-bond acceptors (Lipinski definition) is 4. The van der Waals surface area contributed by atoms with Crippen LogP contribution in [0.25, 0.3) is 10.9 Å². The van der Waals surface area contributed by atoms with Crippen molar-refractivity contribution in [3.05, 3.63) is 65.3 Å². The van der Waals surface area contributed by atoms with Gasteiger partial charge in [0, 0.05) is 22.2 Å². The third kappa shape index (κ3) is 3.50. The summed E-state index contributed by atoms with van der Waals surface area (Å²) in [6, 6.07) is 15.4. The molecule has 0 saturated carbocycles. The van der Waals surface area contributed by atoms with E-state index in [1.807, 2.05) is 36.0 Å². The van der Waals surface area contributed by atoms with Crippen molar-refractivity contribution >= 4 is 40.2 Å². The number of nitrogens with zero attached hydrogens (tertiary/aromatic N) is 1. The molecule has 4 rings (SSSR count). The summed E-state index contributed by atoms with van der Waals surface area (Å²) in [5.41, 5.74) is 1.84. The second kappa shape index (κ2) is 7.56. The van der Waals surface area contributed by atoms with Crippen molar-refractivity contribution in [1.82, 2.24) is 10.3 Å². The molecule has 4 nitrogen and oxygen atoms in total. The van der Waals surface area contributed by atoms with Crippen molar-refractivity contribution in [2.75, 3.05) is 12.4 Å². The summed E-state index contributed by atoms with van der Waals surface area (Å²) in [6.07, 6.45) is 2.60. The van der Waals surface area contributed by atoms with E-state index in [0.29, 0.717) is 16.3 Å². The third-order valence-corrected chi connectivity index (χ3v) is 5.78. The SMILES string of the molecule is O=C(COc1ccc(Cl)c2cccnc12)N[C@H]1CCSc2ccccc21. The van der Waals surface area contributed by atoms with Gasteiger partial charge >= 0.3 is 0 Å². The smallest absolute Gasteiger partial charge is 0.258 e. The molecule has 0 radical (unpaired) electrons. The topological polar surface area (TPSA) is 51.2 Å². The quantitative estimate of drug-likeness (QED) is 0.713. The molecule has 132 valence electrons. The fourth-order valence-electron chi connectivity index (χ4n) is 3.10. The number of benzene rings is 2. The second-order valence-electron chi connectivity index (χ2n) is 6.03. The van der Waals surface area contributed by atoms with Gasteiger partial charge in [-0.15, -0.1) is 11.8 Å². The molecular weight excluding hydrogens is 368 g/mol. The van der Waals surface area contributed by atoms with Gasteiger partial charge in [0.25, 0.3) is 5.91 Å². The predicted octanol–water partition coefficient (Wildman–Crippen LogP) is 4.62. The van der Waals surface area contributed by atoms with Gasteiger partial charge in [0.1, 0.15) is 11.3 Å². The van der Waals surface area contributed by atoms with Gasteiger partial charge in [0.15, 0.2) is 6.61 Å². The molecule has 1 amide bonds. The lowest BCUT2D eigenvalue weighted by Gasteiger charge is -2.25. The van der Waals surface area contributed by atoms with Crippen LogP contribution in [0.1, 0.15) is 18.0 Å². The van der Waals surface area contributed by atoms with E-state index >= 15 is 0 Å². The number of hydrogen-bond donors (Lipinski definition) is 1. The molecule has 3 aromatic rings.